The Morgan fingerprint density at radius 2 is 2.31 bits per heavy atom. The molecule has 0 saturated heterocycles. The molecule has 0 heterocycles. The minimum absolute atomic E-state index is 0.249. The van der Waals surface area contributed by atoms with E-state index in [1.165, 1.54) is 13.1 Å². The number of nitrogens with two attached hydrogens (primary N) is 1. The summed E-state index contributed by atoms with van der Waals surface area (Å²) < 4.78 is 5.35. The Morgan fingerprint density at radius 1 is 1.62 bits per heavy atom. The molecule has 1 amide bonds. The van der Waals surface area contributed by atoms with E-state index < -0.39 is 6.10 Å². The third kappa shape index (κ3) is 2.64. The molecule has 5 heteroatoms. The van der Waals surface area contributed by atoms with Gasteiger partial charge in [-0.05, 0) is 25.1 Å². The Balaban J connectivity index is 2.90. The lowest BCUT2D eigenvalue weighted by atomic mass is 10.2. The molecule has 0 aromatic heterocycles. The van der Waals surface area contributed by atoms with Crippen LogP contribution < -0.4 is 15.8 Å². The van der Waals surface area contributed by atoms with Crippen molar-refractivity contribution in [2.24, 2.45) is 0 Å². The van der Waals surface area contributed by atoms with Crippen LogP contribution in [0.1, 0.15) is 12.5 Å². The number of amides is 1. The van der Waals surface area contributed by atoms with Crippen molar-refractivity contribution in [3.63, 3.8) is 0 Å². The number of anilines is 1. The summed E-state index contributed by atoms with van der Waals surface area (Å²) in [5, 5.41) is 11.3. The van der Waals surface area contributed by atoms with Crippen LogP contribution in [0.25, 0.3) is 0 Å². The predicted octanol–water partition coefficient (Wildman–Crippen LogP) is 0.654. The summed E-state index contributed by atoms with van der Waals surface area (Å²) in [7, 11) is 1.52. The number of nitrogens with one attached hydrogen (secondary N) is 1. The van der Waals surface area contributed by atoms with Crippen molar-refractivity contribution >= 4 is 11.6 Å². The molecule has 84 valence electrons. The number of ether oxygens (including phenoxy) is 1. The third-order valence-electron chi connectivity index (χ3n) is 2.04. The lowest BCUT2D eigenvalue weighted by Crippen LogP contribution is -2.33. The largest absolute Gasteiger partial charge is 0.480 e. The fourth-order valence-corrected chi connectivity index (χ4v) is 1.18. The van der Waals surface area contributed by atoms with Crippen molar-refractivity contribution in [1.82, 2.24) is 5.32 Å². The first-order valence-electron chi connectivity index (χ1n) is 4.76. The van der Waals surface area contributed by atoms with E-state index in [0.29, 0.717) is 17.0 Å². The first-order valence-corrected chi connectivity index (χ1v) is 4.76. The average molecular weight is 219 g/mol. The highest BCUT2D eigenvalue weighted by Crippen LogP contribution is 2.21. The second-order valence-electron chi connectivity index (χ2n) is 3.24. The average Bonchev–Trinajstić information content (AvgIpc) is 2.30. The number of likely N-dealkylation sites (N-methyl/N-ethyl adjacent to an activating group) is 1. The number of rotatable bonds is 3. The molecule has 1 unspecified atom stereocenters. The van der Waals surface area contributed by atoms with E-state index in [9.17, 15) is 4.79 Å². The normalized spacial score (nSPS) is 11.3. The van der Waals surface area contributed by atoms with Crippen molar-refractivity contribution in [2.75, 3.05) is 12.8 Å². The number of carbonyl (C=O) groups is 1. The molecule has 1 aromatic rings. The quantitative estimate of drug-likeness (QED) is 0.731. The molecule has 0 saturated carbocycles. The molecule has 3 N–H and O–H groups in total. The van der Waals surface area contributed by atoms with Crippen LogP contribution >= 0.6 is 0 Å². The van der Waals surface area contributed by atoms with E-state index in [-0.39, 0.29) is 5.91 Å². The van der Waals surface area contributed by atoms with Gasteiger partial charge in [0.15, 0.2) is 6.10 Å². The Morgan fingerprint density at radius 3 is 2.88 bits per heavy atom. The molecule has 1 atom stereocenters. The van der Waals surface area contributed by atoms with E-state index in [1.54, 1.807) is 19.1 Å². The minimum atomic E-state index is -0.652. The Hall–Kier alpha value is -2.22. The first-order chi connectivity index (χ1) is 7.58. The smallest absolute Gasteiger partial charge is 0.260 e. The van der Waals surface area contributed by atoms with Crippen molar-refractivity contribution in [1.29, 1.82) is 5.26 Å². The van der Waals surface area contributed by atoms with E-state index in [2.05, 4.69) is 5.32 Å². The van der Waals surface area contributed by atoms with Crippen LogP contribution in [0.3, 0.4) is 0 Å². The summed E-state index contributed by atoms with van der Waals surface area (Å²) in [4.78, 5) is 11.2. The van der Waals surface area contributed by atoms with E-state index in [1.807, 2.05) is 6.07 Å². The van der Waals surface area contributed by atoms with Gasteiger partial charge in [-0.1, -0.05) is 0 Å². The van der Waals surface area contributed by atoms with E-state index in [0.717, 1.165) is 0 Å². The van der Waals surface area contributed by atoms with Gasteiger partial charge >= 0.3 is 0 Å². The van der Waals surface area contributed by atoms with Crippen LogP contribution in [0.4, 0.5) is 5.69 Å². The van der Waals surface area contributed by atoms with Gasteiger partial charge in [-0.15, -0.1) is 0 Å². The van der Waals surface area contributed by atoms with Crippen LogP contribution in [-0.4, -0.2) is 19.1 Å². The second kappa shape index (κ2) is 5.03. The van der Waals surface area contributed by atoms with Gasteiger partial charge in [0, 0.05) is 12.7 Å². The fraction of sp³-hybridized carbons (Fsp3) is 0.273. The van der Waals surface area contributed by atoms with Crippen LogP contribution in [0.5, 0.6) is 5.75 Å². The number of carbonyl (C=O) groups excluding carboxylic acids is 1. The van der Waals surface area contributed by atoms with Crippen LogP contribution in [0.2, 0.25) is 0 Å². The summed E-state index contributed by atoms with van der Waals surface area (Å²) in [6.45, 7) is 1.61. The molecular formula is C11H13N3O2. The van der Waals surface area contributed by atoms with E-state index >= 15 is 0 Å². The number of nitriles is 1. The highest BCUT2D eigenvalue weighted by molar-refractivity contribution is 5.80. The molecule has 0 aliphatic rings. The zero-order chi connectivity index (χ0) is 12.1. The molecular weight excluding hydrogens is 206 g/mol. The predicted molar refractivity (Wildman–Crippen MR) is 59.7 cm³/mol. The summed E-state index contributed by atoms with van der Waals surface area (Å²) in [5.74, 6) is 0.105. The molecule has 1 aromatic carbocycles. The highest BCUT2D eigenvalue weighted by Gasteiger charge is 2.14. The third-order valence-corrected chi connectivity index (χ3v) is 2.04. The number of nitrogen functional groups attached to an aromatic ring is 1. The van der Waals surface area contributed by atoms with E-state index in [4.69, 9.17) is 15.7 Å². The summed E-state index contributed by atoms with van der Waals surface area (Å²) in [6, 6.07) is 6.66. The second-order valence-corrected chi connectivity index (χ2v) is 3.24. The minimum Gasteiger partial charge on any atom is -0.480 e. The monoisotopic (exact) mass is 219 g/mol. The van der Waals surface area contributed by atoms with Gasteiger partial charge in [0.05, 0.1) is 5.56 Å². The number of benzene rings is 1. The molecule has 0 bridgehead atoms. The zero-order valence-corrected chi connectivity index (χ0v) is 9.15. The zero-order valence-electron chi connectivity index (χ0n) is 9.15. The molecule has 0 aliphatic carbocycles. The SMILES string of the molecule is CNC(=O)C(C)Oc1ccc(N)cc1C#N. The Labute approximate surface area is 93.8 Å². The molecule has 1 rings (SSSR count). The lowest BCUT2D eigenvalue weighted by molar-refractivity contribution is -0.126. The van der Waals surface area contributed by atoms with Gasteiger partial charge in [0.2, 0.25) is 0 Å². The Kier molecular flexibility index (Phi) is 3.72. The summed E-state index contributed by atoms with van der Waals surface area (Å²) >= 11 is 0. The van der Waals surface area contributed by atoms with Gasteiger partial charge in [-0.2, -0.15) is 5.26 Å². The summed E-state index contributed by atoms with van der Waals surface area (Å²) in [5.41, 5.74) is 6.33. The standard InChI is InChI=1S/C11H13N3O2/c1-7(11(15)14-2)16-10-4-3-9(13)5-8(10)6-12/h3-5,7H,13H2,1-2H3,(H,14,15). The van der Waals surface area contributed by atoms with Crippen molar-refractivity contribution < 1.29 is 9.53 Å². The molecule has 5 nitrogen and oxygen atoms in total. The van der Waals surface area contributed by atoms with Crippen molar-refractivity contribution in [2.45, 2.75) is 13.0 Å². The fourth-order valence-electron chi connectivity index (χ4n) is 1.18. The van der Waals surface area contributed by atoms with Crippen LogP contribution in [0.15, 0.2) is 18.2 Å². The van der Waals surface area contributed by atoms with Gasteiger partial charge < -0.3 is 15.8 Å². The molecule has 16 heavy (non-hydrogen) atoms. The van der Waals surface area contributed by atoms with Gasteiger partial charge in [-0.3, -0.25) is 4.79 Å². The first kappa shape index (κ1) is 11.9. The molecule has 0 fully saturated rings. The number of nitrogens with zero attached hydrogens (tertiary/aromatic N) is 1. The Bertz CT molecular complexity index is 437. The molecule has 0 radical (unpaired) electrons. The number of hydrogen-bond acceptors (Lipinski definition) is 4. The van der Waals surface area contributed by atoms with Gasteiger partial charge in [-0.25, -0.2) is 0 Å². The highest BCUT2D eigenvalue weighted by atomic mass is 16.5. The van der Waals surface area contributed by atoms with Crippen LogP contribution in [-0.2, 0) is 4.79 Å². The maximum absolute atomic E-state index is 11.2. The van der Waals surface area contributed by atoms with Crippen molar-refractivity contribution in [3.05, 3.63) is 23.8 Å². The number of hydrogen-bond donors (Lipinski definition) is 2. The van der Waals surface area contributed by atoms with Crippen LogP contribution in [0, 0.1) is 11.3 Å². The van der Waals surface area contributed by atoms with Gasteiger partial charge in [0.25, 0.3) is 5.91 Å². The topological polar surface area (TPSA) is 88.1 Å². The molecule has 0 aliphatic heterocycles. The maximum atomic E-state index is 11.2. The summed E-state index contributed by atoms with van der Waals surface area (Å²) in [6.07, 6.45) is -0.652. The van der Waals surface area contributed by atoms with Crippen molar-refractivity contribution in [3.8, 4) is 11.8 Å². The van der Waals surface area contributed by atoms with Gasteiger partial charge in [0.1, 0.15) is 11.8 Å². The molecule has 0 spiro atoms. The maximum Gasteiger partial charge on any atom is 0.260 e. The lowest BCUT2D eigenvalue weighted by Gasteiger charge is -2.14.